The van der Waals surface area contributed by atoms with E-state index in [4.69, 9.17) is 0 Å². The number of benzene rings is 9. The number of rotatable bonds is 8. The van der Waals surface area contributed by atoms with Gasteiger partial charge in [0.2, 0.25) is 0 Å². The van der Waals surface area contributed by atoms with E-state index in [1.54, 1.807) is 0 Å². The van der Waals surface area contributed by atoms with Gasteiger partial charge in [-0.3, -0.25) is 0 Å². The lowest BCUT2D eigenvalue weighted by Crippen LogP contribution is -2.29. The van der Waals surface area contributed by atoms with Crippen molar-refractivity contribution < 1.29 is 0 Å². The summed E-state index contributed by atoms with van der Waals surface area (Å²) in [4.78, 5) is 4.63. The van der Waals surface area contributed by atoms with Crippen molar-refractivity contribution in [2.75, 3.05) is 9.80 Å². The van der Waals surface area contributed by atoms with Gasteiger partial charge in [0.1, 0.15) is 0 Å². The average Bonchev–Trinajstić information content (AvgIpc) is 3.62. The van der Waals surface area contributed by atoms with E-state index in [0.29, 0.717) is 11.1 Å². The molecule has 0 atom stereocenters. The Hall–Kier alpha value is -8.18. The molecule has 0 fully saturated rings. The summed E-state index contributed by atoms with van der Waals surface area (Å²) in [5.41, 5.74) is 16.0. The molecule has 0 radical (unpaired) electrons. The number of nitriles is 2. The molecule has 1 aliphatic carbocycles. The Balaban J connectivity index is 1.31. The minimum atomic E-state index is -0.727. The molecule has 0 saturated heterocycles. The van der Waals surface area contributed by atoms with Crippen LogP contribution in [0.25, 0.3) is 21.9 Å². The van der Waals surface area contributed by atoms with E-state index in [-0.39, 0.29) is 0 Å². The van der Waals surface area contributed by atoms with Gasteiger partial charge >= 0.3 is 0 Å². The van der Waals surface area contributed by atoms with Crippen molar-refractivity contribution in [3.05, 3.63) is 251 Å². The predicted molar refractivity (Wildman–Crippen MR) is 250 cm³/mol. The molecule has 4 nitrogen and oxygen atoms in total. The van der Waals surface area contributed by atoms with Crippen LogP contribution in [-0.4, -0.2) is 0 Å². The van der Waals surface area contributed by atoms with Crippen LogP contribution < -0.4 is 9.80 Å². The molecular formula is C57H40N4. The second kappa shape index (κ2) is 15.2. The summed E-state index contributed by atoms with van der Waals surface area (Å²) in [5, 5.41) is 21.8. The zero-order valence-electron chi connectivity index (χ0n) is 33.9. The van der Waals surface area contributed by atoms with Crippen LogP contribution in [0.5, 0.6) is 0 Å². The fourth-order valence-electron chi connectivity index (χ4n) is 9.27. The van der Waals surface area contributed by atoms with Gasteiger partial charge in [-0.1, -0.05) is 126 Å². The van der Waals surface area contributed by atoms with E-state index >= 15 is 0 Å². The Labute approximate surface area is 357 Å². The Morgan fingerprint density at radius 2 is 0.820 bits per heavy atom. The molecule has 10 rings (SSSR count). The molecule has 288 valence electrons. The number of fused-ring (bicyclic) bond motifs is 5. The van der Waals surface area contributed by atoms with Crippen LogP contribution in [-0.2, 0) is 5.41 Å². The molecule has 0 bridgehead atoms. The van der Waals surface area contributed by atoms with Gasteiger partial charge in [0, 0.05) is 33.8 Å². The van der Waals surface area contributed by atoms with Gasteiger partial charge in [-0.15, -0.1) is 0 Å². The van der Waals surface area contributed by atoms with Crippen LogP contribution in [0.3, 0.4) is 0 Å². The largest absolute Gasteiger partial charge is 0.310 e. The SMILES string of the molecule is Cc1ccc(N(c2ccc(C#N)cc2)c2ccc3c(c2)C(c2ccccc2)(c2ccccc2)c2cc(N(c4ccc(C)cc4)c4ccc(C#N)cc4)c4ccccc4c2-3)cc1. The van der Waals surface area contributed by atoms with Crippen LogP contribution in [0.2, 0.25) is 0 Å². The highest BCUT2D eigenvalue weighted by atomic mass is 15.1. The zero-order chi connectivity index (χ0) is 41.5. The van der Waals surface area contributed by atoms with Gasteiger partial charge in [0.15, 0.2) is 0 Å². The second-order valence-electron chi connectivity index (χ2n) is 15.7. The van der Waals surface area contributed by atoms with E-state index in [0.717, 1.165) is 44.9 Å². The maximum Gasteiger partial charge on any atom is 0.0991 e. The van der Waals surface area contributed by atoms with Crippen LogP contribution in [0.1, 0.15) is 44.5 Å². The standard InChI is InChI=1S/C57H40N4/c1-39-17-25-45(26-18-39)60(46-29-21-41(37-58)22-30-46)49-33-34-52-53(35-49)57(43-11-5-3-6-12-43,44-13-7-4-8-14-44)54-36-55(50-15-9-10-16-51(50)56(52)54)61(47-27-19-40(2)20-28-47)48-31-23-42(38-59)24-32-48/h3-36H,1-2H3. The van der Waals surface area contributed by atoms with E-state index in [9.17, 15) is 10.5 Å². The first-order chi connectivity index (χ1) is 30.0. The quantitative estimate of drug-likeness (QED) is 0.154. The highest BCUT2D eigenvalue weighted by Gasteiger charge is 2.48. The number of nitrogens with zero attached hydrogens (tertiary/aromatic N) is 4. The van der Waals surface area contributed by atoms with Crippen molar-refractivity contribution in [3.8, 4) is 23.3 Å². The smallest absolute Gasteiger partial charge is 0.0991 e. The third-order valence-corrected chi connectivity index (χ3v) is 12.1. The second-order valence-corrected chi connectivity index (χ2v) is 15.7. The first-order valence-electron chi connectivity index (χ1n) is 20.5. The zero-order valence-corrected chi connectivity index (χ0v) is 33.9. The summed E-state index contributed by atoms with van der Waals surface area (Å²) in [7, 11) is 0. The maximum atomic E-state index is 9.78. The number of hydrogen-bond donors (Lipinski definition) is 0. The molecule has 1 aliphatic rings. The molecule has 0 amide bonds. The lowest BCUT2D eigenvalue weighted by molar-refractivity contribution is 0.769. The number of aryl methyl sites for hydroxylation is 2. The maximum absolute atomic E-state index is 9.78. The average molecular weight is 781 g/mol. The van der Waals surface area contributed by atoms with Gasteiger partial charge < -0.3 is 9.80 Å². The Bertz CT molecular complexity index is 3100. The Kier molecular flexibility index (Phi) is 9.25. The van der Waals surface area contributed by atoms with Crippen LogP contribution in [0.4, 0.5) is 34.1 Å². The fourth-order valence-corrected chi connectivity index (χ4v) is 9.27. The third kappa shape index (κ3) is 6.22. The van der Waals surface area contributed by atoms with Crippen molar-refractivity contribution in [1.29, 1.82) is 10.5 Å². The molecule has 0 spiro atoms. The summed E-state index contributed by atoms with van der Waals surface area (Å²) in [6, 6.07) is 77.6. The van der Waals surface area contributed by atoms with Crippen LogP contribution >= 0.6 is 0 Å². The van der Waals surface area contributed by atoms with Gasteiger partial charge in [0.25, 0.3) is 0 Å². The minimum absolute atomic E-state index is 0.616. The van der Waals surface area contributed by atoms with Crippen molar-refractivity contribution in [1.82, 2.24) is 0 Å². The van der Waals surface area contributed by atoms with Gasteiger partial charge in [-0.05, 0) is 144 Å². The summed E-state index contributed by atoms with van der Waals surface area (Å²) in [5.74, 6) is 0. The molecule has 0 aromatic heterocycles. The summed E-state index contributed by atoms with van der Waals surface area (Å²) < 4.78 is 0. The number of hydrogen-bond acceptors (Lipinski definition) is 4. The highest BCUT2D eigenvalue weighted by Crippen LogP contribution is 2.60. The van der Waals surface area contributed by atoms with Crippen LogP contribution in [0, 0.1) is 36.5 Å². The van der Waals surface area contributed by atoms with Gasteiger partial charge in [-0.2, -0.15) is 10.5 Å². The lowest BCUT2D eigenvalue weighted by atomic mass is 9.67. The predicted octanol–water partition coefficient (Wildman–Crippen LogP) is 14.5. The van der Waals surface area contributed by atoms with E-state index < -0.39 is 5.41 Å². The third-order valence-electron chi connectivity index (χ3n) is 12.1. The molecule has 0 heterocycles. The molecule has 0 N–H and O–H groups in total. The minimum Gasteiger partial charge on any atom is -0.310 e. The lowest BCUT2D eigenvalue weighted by Gasteiger charge is -2.36. The van der Waals surface area contributed by atoms with Gasteiger partial charge in [-0.25, -0.2) is 0 Å². The molecule has 0 unspecified atom stereocenters. The van der Waals surface area contributed by atoms with E-state index in [2.05, 4.69) is 194 Å². The molecule has 61 heavy (non-hydrogen) atoms. The summed E-state index contributed by atoms with van der Waals surface area (Å²) in [6.45, 7) is 4.22. The van der Waals surface area contributed by atoms with Crippen molar-refractivity contribution >= 4 is 44.9 Å². The number of anilines is 6. The molecule has 0 saturated carbocycles. The van der Waals surface area contributed by atoms with Crippen molar-refractivity contribution in [2.24, 2.45) is 0 Å². The molecule has 4 heteroatoms. The first-order valence-corrected chi connectivity index (χ1v) is 20.5. The fraction of sp³-hybridized carbons (Fsp3) is 0.0526. The molecular weight excluding hydrogens is 741 g/mol. The molecule has 9 aromatic rings. The van der Waals surface area contributed by atoms with E-state index in [1.165, 1.54) is 44.5 Å². The Morgan fingerprint density at radius 3 is 1.31 bits per heavy atom. The van der Waals surface area contributed by atoms with Crippen LogP contribution in [0.15, 0.2) is 206 Å². The van der Waals surface area contributed by atoms with E-state index in [1.807, 2.05) is 48.5 Å². The van der Waals surface area contributed by atoms with Crippen molar-refractivity contribution in [3.63, 3.8) is 0 Å². The Morgan fingerprint density at radius 1 is 0.393 bits per heavy atom. The topological polar surface area (TPSA) is 54.1 Å². The first kappa shape index (κ1) is 37.1. The highest BCUT2D eigenvalue weighted by molar-refractivity contribution is 6.11. The molecule has 9 aromatic carbocycles. The summed E-state index contributed by atoms with van der Waals surface area (Å²) in [6.07, 6.45) is 0. The summed E-state index contributed by atoms with van der Waals surface area (Å²) >= 11 is 0. The van der Waals surface area contributed by atoms with Crippen molar-refractivity contribution in [2.45, 2.75) is 19.3 Å². The normalized spacial score (nSPS) is 12.2. The van der Waals surface area contributed by atoms with Gasteiger partial charge in [0.05, 0.1) is 34.4 Å². The monoisotopic (exact) mass is 780 g/mol. The molecule has 0 aliphatic heterocycles.